The van der Waals surface area contributed by atoms with Gasteiger partial charge < -0.3 is 19.8 Å². The van der Waals surface area contributed by atoms with Gasteiger partial charge in [0.2, 0.25) is 11.8 Å². The zero-order valence-corrected chi connectivity index (χ0v) is 16.5. The molecule has 1 aromatic carbocycles. The Morgan fingerprint density at radius 1 is 1.19 bits per heavy atom. The molecule has 2 amide bonds. The number of hydrogen-bond acceptors (Lipinski definition) is 4. The van der Waals surface area contributed by atoms with Crippen LogP contribution >= 0.6 is 0 Å². The average molecular weight is 375 g/mol. The molecule has 0 radical (unpaired) electrons. The van der Waals surface area contributed by atoms with E-state index < -0.39 is 17.8 Å². The summed E-state index contributed by atoms with van der Waals surface area (Å²) in [5.74, 6) is -2.13. The molecule has 7 nitrogen and oxygen atoms in total. The lowest BCUT2D eigenvalue weighted by molar-refractivity contribution is -0.148. The van der Waals surface area contributed by atoms with Crippen molar-refractivity contribution in [2.45, 2.75) is 26.2 Å². The zero-order valence-electron chi connectivity index (χ0n) is 16.5. The van der Waals surface area contributed by atoms with E-state index in [0.29, 0.717) is 25.4 Å². The van der Waals surface area contributed by atoms with E-state index in [1.807, 2.05) is 43.3 Å². The van der Waals surface area contributed by atoms with E-state index in [1.54, 1.807) is 4.90 Å². The van der Waals surface area contributed by atoms with E-state index in [-0.39, 0.29) is 19.0 Å². The average Bonchev–Trinajstić information content (AvgIpc) is 2.99. The molecule has 0 saturated carbocycles. The minimum atomic E-state index is -1.08. The highest BCUT2D eigenvalue weighted by molar-refractivity contribution is 6.10. The zero-order chi connectivity index (χ0) is 20.1. The molecule has 1 unspecified atom stereocenters. The molecule has 1 N–H and O–H groups in total. The SMILES string of the molecule is CC(C)c1ccc(N2CCC(C(=O)N(CCN(C)C)CC(=O)O)C2=O)cc1. The summed E-state index contributed by atoms with van der Waals surface area (Å²) < 4.78 is 0. The van der Waals surface area contributed by atoms with Crippen molar-refractivity contribution in [1.82, 2.24) is 9.80 Å². The Labute approximate surface area is 160 Å². The Hall–Kier alpha value is -2.41. The maximum absolute atomic E-state index is 12.8. The number of carbonyl (C=O) groups is 3. The van der Waals surface area contributed by atoms with Gasteiger partial charge in [0.25, 0.3) is 0 Å². The Kier molecular flexibility index (Phi) is 6.96. The molecule has 1 heterocycles. The predicted octanol–water partition coefficient (Wildman–Crippen LogP) is 1.64. The van der Waals surface area contributed by atoms with Crippen molar-refractivity contribution in [3.05, 3.63) is 29.8 Å². The van der Waals surface area contributed by atoms with Crippen LogP contribution in [0.5, 0.6) is 0 Å². The normalized spacial score (nSPS) is 17.0. The predicted molar refractivity (Wildman–Crippen MR) is 104 cm³/mol. The van der Waals surface area contributed by atoms with E-state index in [2.05, 4.69) is 13.8 Å². The largest absolute Gasteiger partial charge is 0.480 e. The van der Waals surface area contributed by atoms with E-state index in [9.17, 15) is 14.4 Å². The van der Waals surface area contributed by atoms with E-state index in [0.717, 1.165) is 5.69 Å². The molecule has 1 aromatic rings. The lowest BCUT2D eigenvalue weighted by Crippen LogP contribution is -2.45. The van der Waals surface area contributed by atoms with Crippen LogP contribution in [0.2, 0.25) is 0 Å². The van der Waals surface area contributed by atoms with Crippen LogP contribution in [0.1, 0.15) is 31.7 Å². The van der Waals surface area contributed by atoms with Crippen molar-refractivity contribution in [3.8, 4) is 0 Å². The Morgan fingerprint density at radius 3 is 2.33 bits per heavy atom. The third-order valence-electron chi connectivity index (χ3n) is 4.83. The highest BCUT2D eigenvalue weighted by Gasteiger charge is 2.40. The van der Waals surface area contributed by atoms with Crippen molar-refractivity contribution in [3.63, 3.8) is 0 Å². The molecule has 0 aliphatic carbocycles. The summed E-state index contributed by atoms with van der Waals surface area (Å²) in [6.45, 7) is 5.11. The first-order valence-corrected chi connectivity index (χ1v) is 9.27. The fourth-order valence-electron chi connectivity index (χ4n) is 3.18. The first kappa shape index (κ1) is 20.9. The van der Waals surface area contributed by atoms with Gasteiger partial charge >= 0.3 is 5.97 Å². The van der Waals surface area contributed by atoms with Gasteiger partial charge in [-0.1, -0.05) is 26.0 Å². The number of carboxylic acids is 1. The highest BCUT2D eigenvalue weighted by Crippen LogP contribution is 2.28. The Balaban J connectivity index is 2.10. The van der Waals surface area contributed by atoms with Gasteiger partial charge in [-0.05, 0) is 44.1 Å². The standard InChI is InChI=1S/C20H29N3O4/c1-14(2)15-5-7-16(8-6-15)23-10-9-17(20(23)27)19(26)22(13-18(24)25)12-11-21(3)4/h5-8,14,17H,9-13H2,1-4H3,(H,24,25). The fraction of sp³-hybridized carbons (Fsp3) is 0.550. The molecule has 1 aliphatic heterocycles. The number of carboxylic acid groups (broad SMARTS) is 1. The number of anilines is 1. The van der Waals surface area contributed by atoms with Gasteiger partial charge in [-0.25, -0.2) is 0 Å². The van der Waals surface area contributed by atoms with Crippen LogP contribution in [-0.4, -0.2) is 73.0 Å². The van der Waals surface area contributed by atoms with Crippen LogP contribution in [0.3, 0.4) is 0 Å². The molecule has 0 spiro atoms. The van der Waals surface area contributed by atoms with E-state index in [4.69, 9.17) is 5.11 Å². The van der Waals surface area contributed by atoms with Crippen molar-refractivity contribution in [2.75, 3.05) is 45.2 Å². The molecular formula is C20H29N3O4. The third-order valence-corrected chi connectivity index (χ3v) is 4.83. The van der Waals surface area contributed by atoms with Crippen molar-refractivity contribution in [1.29, 1.82) is 0 Å². The van der Waals surface area contributed by atoms with Crippen LogP contribution < -0.4 is 4.90 Å². The van der Waals surface area contributed by atoms with Gasteiger partial charge in [-0.15, -0.1) is 0 Å². The minimum absolute atomic E-state index is 0.252. The van der Waals surface area contributed by atoms with Crippen LogP contribution in [0.25, 0.3) is 0 Å². The molecule has 27 heavy (non-hydrogen) atoms. The second-order valence-corrected chi connectivity index (χ2v) is 7.53. The van der Waals surface area contributed by atoms with Gasteiger partial charge in [0.15, 0.2) is 0 Å². The molecule has 1 fully saturated rings. The first-order valence-electron chi connectivity index (χ1n) is 9.27. The molecular weight excluding hydrogens is 346 g/mol. The van der Waals surface area contributed by atoms with Crippen molar-refractivity contribution in [2.24, 2.45) is 5.92 Å². The van der Waals surface area contributed by atoms with Gasteiger partial charge in [0.05, 0.1) is 0 Å². The number of aliphatic carboxylic acids is 1. The molecule has 148 valence electrons. The second kappa shape index (κ2) is 8.99. The summed E-state index contributed by atoms with van der Waals surface area (Å²) in [4.78, 5) is 41.5. The summed E-state index contributed by atoms with van der Waals surface area (Å²) >= 11 is 0. The number of rotatable bonds is 8. The van der Waals surface area contributed by atoms with E-state index in [1.165, 1.54) is 10.5 Å². The molecule has 1 atom stereocenters. The molecule has 2 rings (SSSR count). The number of likely N-dealkylation sites (N-methyl/N-ethyl adjacent to an activating group) is 1. The van der Waals surface area contributed by atoms with Gasteiger partial charge in [0, 0.05) is 25.3 Å². The number of amides is 2. The van der Waals surface area contributed by atoms with Crippen molar-refractivity contribution < 1.29 is 19.5 Å². The minimum Gasteiger partial charge on any atom is -0.480 e. The number of carbonyl (C=O) groups excluding carboxylic acids is 2. The van der Waals surface area contributed by atoms with Gasteiger partial charge in [0.1, 0.15) is 12.5 Å². The van der Waals surface area contributed by atoms with Gasteiger partial charge in [-0.2, -0.15) is 0 Å². The first-order chi connectivity index (χ1) is 12.7. The molecule has 1 saturated heterocycles. The Morgan fingerprint density at radius 2 is 1.81 bits per heavy atom. The van der Waals surface area contributed by atoms with E-state index >= 15 is 0 Å². The number of benzene rings is 1. The maximum Gasteiger partial charge on any atom is 0.323 e. The summed E-state index contributed by atoms with van der Waals surface area (Å²) in [5, 5.41) is 9.10. The smallest absolute Gasteiger partial charge is 0.323 e. The maximum atomic E-state index is 12.8. The monoisotopic (exact) mass is 375 g/mol. The van der Waals surface area contributed by atoms with Crippen LogP contribution in [0, 0.1) is 5.92 Å². The molecule has 7 heteroatoms. The summed E-state index contributed by atoms with van der Waals surface area (Å²) in [5.41, 5.74) is 1.96. The summed E-state index contributed by atoms with van der Waals surface area (Å²) in [6, 6.07) is 7.80. The summed E-state index contributed by atoms with van der Waals surface area (Å²) in [7, 11) is 3.71. The number of hydrogen-bond donors (Lipinski definition) is 1. The topological polar surface area (TPSA) is 81.2 Å². The number of nitrogens with zero attached hydrogens (tertiary/aromatic N) is 3. The fourth-order valence-corrected chi connectivity index (χ4v) is 3.18. The molecule has 1 aliphatic rings. The highest BCUT2D eigenvalue weighted by atomic mass is 16.4. The van der Waals surface area contributed by atoms with Crippen LogP contribution in [-0.2, 0) is 14.4 Å². The lowest BCUT2D eigenvalue weighted by Gasteiger charge is -2.25. The second-order valence-electron chi connectivity index (χ2n) is 7.53. The Bertz CT molecular complexity index is 685. The lowest BCUT2D eigenvalue weighted by atomic mass is 10.0. The van der Waals surface area contributed by atoms with Gasteiger partial charge in [-0.3, -0.25) is 14.4 Å². The quantitative estimate of drug-likeness (QED) is 0.699. The van der Waals surface area contributed by atoms with Crippen molar-refractivity contribution >= 4 is 23.5 Å². The summed E-state index contributed by atoms with van der Waals surface area (Å²) in [6.07, 6.45) is 0.404. The molecule has 0 bridgehead atoms. The molecule has 0 aromatic heterocycles. The third kappa shape index (κ3) is 5.29. The van der Waals surface area contributed by atoms with Crippen LogP contribution in [0.15, 0.2) is 24.3 Å². The van der Waals surface area contributed by atoms with Crippen LogP contribution in [0.4, 0.5) is 5.69 Å².